The lowest BCUT2D eigenvalue weighted by atomic mass is 10.1. The third-order valence-electron chi connectivity index (χ3n) is 6.31. The molecule has 0 aromatic carbocycles. The first-order valence-corrected chi connectivity index (χ1v) is 11.6. The molecule has 2 N–H and O–H groups in total. The van der Waals surface area contributed by atoms with Gasteiger partial charge in [-0.2, -0.15) is 0 Å². The summed E-state index contributed by atoms with van der Waals surface area (Å²) >= 11 is 1.58. The predicted octanol–water partition coefficient (Wildman–Crippen LogP) is 2.04. The predicted molar refractivity (Wildman–Crippen MR) is 124 cm³/mol. The molecule has 2 fully saturated rings. The number of amides is 1. The molecule has 172 valence electrons. The van der Waals surface area contributed by atoms with E-state index in [4.69, 9.17) is 9.47 Å². The van der Waals surface area contributed by atoms with E-state index in [0.29, 0.717) is 19.4 Å². The summed E-state index contributed by atoms with van der Waals surface area (Å²) < 4.78 is 14.1. The lowest BCUT2D eigenvalue weighted by Crippen LogP contribution is -2.51. The SMILES string of the molecule is C=CC1CC1(NC(=O)C1CC(Oc2ccnc3cc(-c4nccn4C)sc23)CN1)C(=O)OC. The fourth-order valence-electron chi connectivity index (χ4n) is 4.38. The second-order valence-corrected chi connectivity index (χ2v) is 9.48. The quantitative estimate of drug-likeness (QED) is 0.404. The number of aromatic nitrogens is 3. The Labute approximate surface area is 194 Å². The summed E-state index contributed by atoms with van der Waals surface area (Å²) in [4.78, 5) is 35.0. The topological polar surface area (TPSA) is 107 Å². The van der Waals surface area contributed by atoms with E-state index in [9.17, 15) is 9.59 Å². The van der Waals surface area contributed by atoms with Crippen LogP contribution >= 0.6 is 11.3 Å². The van der Waals surface area contributed by atoms with E-state index in [2.05, 4.69) is 27.2 Å². The molecule has 1 aliphatic carbocycles. The molecule has 1 aliphatic heterocycles. The van der Waals surface area contributed by atoms with Crippen LogP contribution in [-0.2, 0) is 21.4 Å². The van der Waals surface area contributed by atoms with Gasteiger partial charge in [0.25, 0.3) is 0 Å². The van der Waals surface area contributed by atoms with Crippen LogP contribution in [0.4, 0.5) is 0 Å². The van der Waals surface area contributed by atoms with Crippen molar-refractivity contribution in [2.45, 2.75) is 30.5 Å². The second-order valence-electron chi connectivity index (χ2n) is 8.43. The molecule has 2 aliphatic rings. The number of pyridine rings is 1. The van der Waals surface area contributed by atoms with Crippen molar-refractivity contribution in [2.24, 2.45) is 13.0 Å². The van der Waals surface area contributed by atoms with Gasteiger partial charge in [-0.25, -0.2) is 9.78 Å². The minimum Gasteiger partial charge on any atom is -0.487 e. The molecule has 4 unspecified atom stereocenters. The number of fused-ring (bicyclic) bond motifs is 1. The van der Waals surface area contributed by atoms with E-state index in [0.717, 1.165) is 26.7 Å². The first kappa shape index (κ1) is 21.6. The molecule has 4 atom stereocenters. The molecule has 0 radical (unpaired) electrons. The van der Waals surface area contributed by atoms with Gasteiger partial charge in [0.05, 0.1) is 28.2 Å². The standard InChI is InChI=1S/C23H25N5O4S/c1-4-13-11-23(13,22(30)31-3)27-21(29)16-9-14(12-26-16)32-17-5-6-24-15-10-18(33-19(15)17)20-25-7-8-28(20)2/h4-8,10,13-14,16,26H,1,9,11-12H2,2-3H3,(H,27,29). The first-order chi connectivity index (χ1) is 15.9. The largest absolute Gasteiger partial charge is 0.487 e. The number of nitrogens with one attached hydrogen (secondary N) is 2. The van der Waals surface area contributed by atoms with Gasteiger partial charge in [-0.3, -0.25) is 9.78 Å². The summed E-state index contributed by atoms with van der Waals surface area (Å²) in [5, 5.41) is 6.09. The molecule has 5 rings (SSSR count). The minimum absolute atomic E-state index is 0.112. The van der Waals surface area contributed by atoms with Gasteiger partial charge < -0.3 is 24.7 Å². The van der Waals surface area contributed by atoms with Crippen LogP contribution in [0, 0.1) is 5.92 Å². The van der Waals surface area contributed by atoms with Crippen molar-refractivity contribution in [2.75, 3.05) is 13.7 Å². The van der Waals surface area contributed by atoms with Gasteiger partial charge >= 0.3 is 5.97 Å². The van der Waals surface area contributed by atoms with E-state index < -0.39 is 17.6 Å². The maximum atomic E-state index is 12.9. The number of hydrogen-bond acceptors (Lipinski definition) is 8. The third kappa shape index (κ3) is 3.79. The normalized spacial score (nSPS) is 26.2. The Morgan fingerprint density at radius 2 is 2.24 bits per heavy atom. The molecule has 3 aromatic rings. The molecule has 4 heterocycles. The number of methoxy groups -OCH3 is 1. The highest BCUT2D eigenvalue weighted by atomic mass is 32.1. The van der Waals surface area contributed by atoms with Crippen molar-refractivity contribution < 1.29 is 19.1 Å². The number of thiophene rings is 1. The molecule has 1 amide bonds. The van der Waals surface area contributed by atoms with Crippen molar-refractivity contribution in [3.8, 4) is 16.5 Å². The number of hydrogen-bond donors (Lipinski definition) is 2. The Morgan fingerprint density at radius 1 is 1.39 bits per heavy atom. The van der Waals surface area contributed by atoms with E-state index in [1.165, 1.54) is 7.11 Å². The van der Waals surface area contributed by atoms with Crippen LogP contribution in [-0.4, -0.2) is 57.8 Å². The molecule has 3 aromatic heterocycles. The fraction of sp³-hybridized carbons (Fsp3) is 0.391. The third-order valence-corrected chi connectivity index (χ3v) is 7.45. The summed E-state index contributed by atoms with van der Waals surface area (Å²) in [5.74, 6) is 0.828. The Kier molecular flexibility index (Phi) is 5.41. The van der Waals surface area contributed by atoms with Crippen LogP contribution in [0.3, 0.4) is 0 Å². The average Bonchev–Trinajstić information content (AvgIpc) is 3.21. The molecule has 0 spiro atoms. The summed E-state index contributed by atoms with van der Waals surface area (Å²) in [5.41, 5.74) is -0.149. The van der Waals surface area contributed by atoms with E-state index in [-0.39, 0.29) is 17.9 Å². The molecule has 9 nitrogen and oxygen atoms in total. The summed E-state index contributed by atoms with van der Waals surface area (Å²) in [6, 6.07) is 3.40. The van der Waals surface area contributed by atoms with Crippen LogP contribution < -0.4 is 15.4 Å². The van der Waals surface area contributed by atoms with Gasteiger partial charge in [0.15, 0.2) is 0 Å². The van der Waals surface area contributed by atoms with E-state index >= 15 is 0 Å². The number of rotatable bonds is 7. The van der Waals surface area contributed by atoms with Crippen LogP contribution in [0.2, 0.25) is 0 Å². The number of imidazole rings is 1. The van der Waals surface area contributed by atoms with Gasteiger partial charge in [0, 0.05) is 44.5 Å². The molecule has 1 saturated heterocycles. The van der Waals surface area contributed by atoms with Crippen molar-refractivity contribution in [3.63, 3.8) is 0 Å². The number of carbonyl (C=O) groups is 2. The summed E-state index contributed by atoms with van der Waals surface area (Å²) in [6.07, 6.45) is 7.89. The Morgan fingerprint density at radius 3 is 2.94 bits per heavy atom. The zero-order valence-corrected chi connectivity index (χ0v) is 19.2. The number of aryl methyl sites for hydroxylation is 1. The lowest BCUT2D eigenvalue weighted by molar-refractivity contribution is -0.147. The van der Waals surface area contributed by atoms with Gasteiger partial charge in [0.2, 0.25) is 5.91 Å². The highest BCUT2D eigenvalue weighted by Gasteiger charge is 2.61. The van der Waals surface area contributed by atoms with Gasteiger partial charge in [-0.15, -0.1) is 17.9 Å². The zero-order chi connectivity index (χ0) is 23.2. The van der Waals surface area contributed by atoms with Crippen molar-refractivity contribution in [1.29, 1.82) is 0 Å². The van der Waals surface area contributed by atoms with Crippen molar-refractivity contribution in [3.05, 3.63) is 43.4 Å². The van der Waals surface area contributed by atoms with Crippen molar-refractivity contribution >= 4 is 33.4 Å². The van der Waals surface area contributed by atoms with E-state index in [1.54, 1.807) is 29.8 Å². The maximum Gasteiger partial charge on any atom is 0.332 e. The lowest BCUT2D eigenvalue weighted by Gasteiger charge is -2.19. The molecular formula is C23H25N5O4S. The Balaban J connectivity index is 1.27. The van der Waals surface area contributed by atoms with Gasteiger partial charge in [-0.1, -0.05) is 6.08 Å². The van der Waals surface area contributed by atoms with Gasteiger partial charge in [-0.05, 0) is 18.6 Å². The van der Waals surface area contributed by atoms with E-state index in [1.807, 2.05) is 29.9 Å². The molecular weight excluding hydrogens is 442 g/mol. The highest BCUT2D eigenvalue weighted by molar-refractivity contribution is 7.22. The summed E-state index contributed by atoms with van der Waals surface area (Å²) in [6.45, 7) is 4.27. The molecule has 1 saturated carbocycles. The fourth-order valence-corrected chi connectivity index (χ4v) is 5.50. The summed E-state index contributed by atoms with van der Waals surface area (Å²) in [7, 11) is 3.28. The monoisotopic (exact) mass is 467 g/mol. The second kappa shape index (κ2) is 8.27. The minimum atomic E-state index is -0.996. The van der Waals surface area contributed by atoms with Crippen LogP contribution in [0.5, 0.6) is 5.75 Å². The Bertz CT molecular complexity index is 1240. The van der Waals surface area contributed by atoms with Crippen LogP contribution in [0.25, 0.3) is 20.9 Å². The number of carbonyl (C=O) groups excluding carboxylic acids is 2. The maximum absolute atomic E-state index is 12.9. The highest BCUT2D eigenvalue weighted by Crippen LogP contribution is 2.45. The molecule has 0 bridgehead atoms. The average molecular weight is 468 g/mol. The van der Waals surface area contributed by atoms with Crippen LogP contribution in [0.15, 0.2) is 43.4 Å². The molecule has 10 heteroatoms. The van der Waals surface area contributed by atoms with Gasteiger partial charge in [0.1, 0.15) is 23.2 Å². The zero-order valence-electron chi connectivity index (χ0n) is 18.4. The molecule has 33 heavy (non-hydrogen) atoms. The first-order valence-electron chi connectivity index (χ1n) is 10.7. The van der Waals surface area contributed by atoms with Crippen LogP contribution in [0.1, 0.15) is 12.8 Å². The smallest absolute Gasteiger partial charge is 0.332 e. The Hall–Kier alpha value is -3.24. The number of nitrogens with zero attached hydrogens (tertiary/aromatic N) is 3. The van der Waals surface area contributed by atoms with Crippen molar-refractivity contribution in [1.82, 2.24) is 25.2 Å². The number of ether oxygens (including phenoxy) is 2. The number of esters is 1.